The van der Waals surface area contributed by atoms with Crippen molar-refractivity contribution in [1.82, 2.24) is 10.6 Å². The Morgan fingerprint density at radius 3 is 1.92 bits per heavy atom. The van der Waals surface area contributed by atoms with Gasteiger partial charge >= 0.3 is 0 Å². The molecule has 0 atom stereocenters. The molecule has 1 fully saturated rings. The van der Waals surface area contributed by atoms with Crippen LogP contribution in [-0.4, -0.2) is 19.6 Å². The molecule has 1 aliphatic rings. The quantitative estimate of drug-likeness (QED) is 0.667. The Hall–Kier alpha value is -0.500. The smallest absolute Gasteiger partial charge is 0.0112 e. The molecule has 1 saturated heterocycles. The van der Waals surface area contributed by atoms with Gasteiger partial charge in [0.2, 0.25) is 0 Å². The molecule has 0 bridgehead atoms. The van der Waals surface area contributed by atoms with Gasteiger partial charge in [0.25, 0.3) is 0 Å². The van der Waals surface area contributed by atoms with Gasteiger partial charge in [0.15, 0.2) is 0 Å². The molecular formula is C10H24N2. The highest BCUT2D eigenvalue weighted by Crippen LogP contribution is 1.90. The van der Waals surface area contributed by atoms with Crippen LogP contribution in [0.1, 0.15) is 33.6 Å². The van der Waals surface area contributed by atoms with Crippen LogP contribution < -0.4 is 10.6 Å². The van der Waals surface area contributed by atoms with Crippen LogP contribution in [0.15, 0.2) is 12.8 Å². The van der Waals surface area contributed by atoms with Crippen LogP contribution in [0.5, 0.6) is 0 Å². The van der Waals surface area contributed by atoms with Gasteiger partial charge in [-0.3, -0.25) is 0 Å². The van der Waals surface area contributed by atoms with Crippen molar-refractivity contribution < 1.29 is 0 Å². The molecule has 2 heteroatoms. The lowest BCUT2D eigenvalue weighted by Crippen LogP contribution is -2.03. The van der Waals surface area contributed by atoms with Gasteiger partial charge in [-0.25, -0.2) is 0 Å². The fourth-order valence-electron chi connectivity index (χ4n) is 0.769. The number of nitrogens with one attached hydrogen (secondary N) is 2. The zero-order chi connectivity index (χ0) is 9.66. The Morgan fingerprint density at radius 2 is 1.83 bits per heavy atom. The van der Waals surface area contributed by atoms with E-state index in [0.717, 1.165) is 6.54 Å². The van der Waals surface area contributed by atoms with E-state index in [9.17, 15) is 0 Å². The predicted octanol–water partition coefficient (Wildman–Crippen LogP) is 2.14. The molecule has 0 amide bonds. The molecule has 0 saturated carbocycles. The summed E-state index contributed by atoms with van der Waals surface area (Å²) in [7, 11) is 0. The highest BCUT2D eigenvalue weighted by Gasteiger charge is 1.93. The monoisotopic (exact) mass is 172 g/mol. The Labute approximate surface area is 77.4 Å². The Morgan fingerprint density at radius 1 is 1.33 bits per heavy atom. The predicted molar refractivity (Wildman–Crippen MR) is 57.3 cm³/mol. The van der Waals surface area contributed by atoms with Crippen LogP contribution in [0, 0.1) is 0 Å². The molecule has 0 aromatic rings. The van der Waals surface area contributed by atoms with Crippen molar-refractivity contribution in [3.63, 3.8) is 0 Å². The van der Waals surface area contributed by atoms with Gasteiger partial charge in [-0.2, -0.15) is 0 Å². The Balaban J connectivity index is 0. The zero-order valence-electron chi connectivity index (χ0n) is 8.82. The van der Waals surface area contributed by atoms with Crippen LogP contribution in [-0.2, 0) is 0 Å². The van der Waals surface area contributed by atoms with Crippen LogP contribution >= 0.6 is 0 Å². The first kappa shape index (κ1) is 14.0. The topological polar surface area (TPSA) is 24.1 Å². The first-order valence-electron chi connectivity index (χ1n) is 4.96. The highest BCUT2D eigenvalue weighted by atomic mass is 14.9. The summed E-state index contributed by atoms with van der Waals surface area (Å²) < 4.78 is 0. The molecule has 0 aromatic heterocycles. The molecule has 1 aliphatic heterocycles. The molecule has 2 nitrogen and oxygen atoms in total. The summed E-state index contributed by atoms with van der Waals surface area (Å²) in [6.07, 6.45) is 4.46. The van der Waals surface area contributed by atoms with E-state index < -0.39 is 0 Å². The van der Waals surface area contributed by atoms with E-state index in [1.54, 1.807) is 6.20 Å². The lowest BCUT2D eigenvalue weighted by atomic mass is 10.4. The molecule has 0 unspecified atom stereocenters. The minimum atomic E-state index is 0.976. The van der Waals surface area contributed by atoms with Crippen LogP contribution in [0.25, 0.3) is 0 Å². The second-order valence-electron chi connectivity index (χ2n) is 2.22. The van der Waals surface area contributed by atoms with Crippen molar-refractivity contribution in [1.29, 1.82) is 0 Å². The Kier molecular flexibility index (Phi) is 19.7. The summed E-state index contributed by atoms with van der Waals surface area (Å²) in [6.45, 7) is 12.9. The van der Waals surface area contributed by atoms with Crippen molar-refractivity contribution in [2.75, 3.05) is 19.6 Å². The van der Waals surface area contributed by atoms with Crippen LogP contribution in [0.3, 0.4) is 0 Å². The van der Waals surface area contributed by atoms with Crippen LogP contribution in [0.4, 0.5) is 0 Å². The summed E-state index contributed by atoms with van der Waals surface area (Å²) in [5.74, 6) is 0. The number of hydrogen-bond acceptors (Lipinski definition) is 2. The first-order valence-corrected chi connectivity index (χ1v) is 4.96. The largest absolute Gasteiger partial charge is 0.392 e. The maximum Gasteiger partial charge on any atom is 0.0112 e. The summed E-state index contributed by atoms with van der Waals surface area (Å²) in [5.41, 5.74) is 0. The highest BCUT2D eigenvalue weighted by molar-refractivity contribution is 4.58. The molecule has 2 N–H and O–H groups in total. The first-order chi connectivity index (χ1) is 5.91. The molecule has 12 heavy (non-hydrogen) atoms. The third-order valence-electron chi connectivity index (χ3n) is 1.31. The number of rotatable bonds is 2. The van der Waals surface area contributed by atoms with E-state index in [1.807, 2.05) is 20.8 Å². The molecular weight excluding hydrogens is 148 g/mol. The fraction of sp³-hybridized carbons (Fsp3) is 0.800. The minimum absolute atomic E-state index is 0.976. The summed E-state index contributed by atoms with van der Waals surface area (Å²) in [6, 6.07) is 0. The minimum Gasteiger partial charge on any atom is -0.392 e. The van der Waals surface area contributed by atoms with Crippen molar-refractivity contribution in [3.8, 4) is 0 Å². The van der Waals surface area contributed by atoms with Gasteiger partial charge in [0.05, 0.1) is 0 Å². The SMILES string of the molecule is C1CCNC1.C=CNCC.CC. The zero-order valence-corrected chi connectivity index (χ0v) is 8.82. The summed E-state index contributed by atoms with van der Waals surface area (Å²) >= 11 is 0. The van der Waals surface area contributed by atoms with E-state index in [1.165, 1.54) is 25.9 Å². The molecule has 0 aliphatic carbocycles. The summed E-state index contributed by atoms with van der Waals surface area (Å²) in [4.78, 5) is 0. The van der Waals surface area contributed by atoms with Gasteiger partial charge in [-0.05, 0) is 39.1 Å². The second-order valence-corrected chi connectivity index (χ2v) is 2.22. The third kappa shape index (κ3) is 16.2. The van der Waals surface area contributed by atoms with Crippen LogP contribution in [0.2, 0.25) is 0 Å². The van der Waals surface area contributed by atoms with E-state index >= 15 is 0 Å². The van der Waals surface area contributed by atoms with Crippen molar-refractivity contribution >= 4 is 0 Å². The van der Waals surface area contributed by atoms with Gasteiger partial charge in [0.1, 0.15) is 0 Å². The summed E-state index contributed by atoms with van der Waals surface area (Å²) in [5, 5.41) is 6.10. The third-order valence-corrected chi connectivity index (χ3v) is 1.31. The standard InChI is InChI=1S/2C4H9N.C2H6/c1-2-4-5-3-1;1-3-5-4-2;1-2/h5H,1-4H2;3,5H,1,4H2,2H3;1-2H3. The Bertz CT molecular complexity index is 60.6. The van der Waals surface area contributed by atoms with Gasteiger partial charge in [0, 0.05) is 6.54 Å². The molecule has 74 valence electrons. The molecule has 1 heterocycles. The number of hydrogen-bond donors (Lipinski definition) is 2. The van der Waals surface area contributed by atoms with Crippen molar-refractivity contribution in [2.24, 2.45) is 0 Å². The van der Waals surface area contributed by atoms with Gasteiger partial charge in [-0.1, -0.05) is 20.4 Å². The maximum absolute atomic E-state index is 3.44. The average Bonchev–Trinajstić information content (AvgIpc) is 2.67. The molecule has 1 rings (SSSR count). The fourth-order valence-corrected chi connectivity index (χ4v) is 0.769. The lowest BCUT2D eigenvalue weighted by molar-refractivity contribution is 0.857. The van der Waals surface area contributed by atoms with Gasteiger partial charge in [-0.15, -0.1) is 0 Å². The normalized spacial score (nSPS) is 13.2. The molecule has 0 spiro atoms. The van der Waals surface area contributed by atoms with Crippen molar-refractivity contribution in [2.45, 2.75) is 33.6 Å². The lowest BCUT2D eigenvalue weighted by Gasteiger charge is -1.83. The van der Waals surface area contributed by atoms with E-state index in [-0.39, 0.29) is 0 Å². The second kappa shape index (κ2) is 16.8. The van der Waals surface area contributed by atoms with E-state index in [2.05, 4.69) is 17.2 Å². The molecule has 0 aromatic carbocycles. The maximum atomic E-state index is 3.44. The average molecular weight is 172 g/mol. The van der Waals surface area contributed by atoms with Crippen molar-refractivity contribution in [3.05, 3.63) is 12.8 Å². The van der Waals surface area contributed by atoms with E-state index in [0.29, 0.717) is 0 Å². The van der Waals surface area contributed by atoms with Gasteiger partial charge < -0.3 is 10.6 Å². The van der Waals surface area contributed by atoms with E-state index in [4.69, 9.17) is 0 Å². The molecule has 0 radical (unpaired) electrons.